The predicted octanol–water partition coefficient (Wildman–Crippen LogP) is 3.05. The van der Waals surface area contributed by atoms with E-state index >= 15 is 0 Å². The van der Waals surface area contributed by atoms with Crippen molar-refractivity contribution in [3.05, 3.63) is 58.3 Å². The van der Waals surface area contributed by atoms with Crippen LogP contribution in [0.4, 0.5) is 0 Å². The number of hydrogen-bond donors (Lipinski definition) is 1. The van der Waals surface area contributed by atoms with Gasteiger partial charge in [-0.3, -0.25) is 0 Å². The smallest absolute Gasteiger partial charge is 0.215 e. The quantitative estimate of drug-likeness (QED) is 0.821. The van der Waals surface area contributed by atoms with Crippen molar-refractivity contribution in [1.82, 2.24) is 9.62 Å². The highest BCUT2D eigenvalue weighted by molar-refractivity contribution is 7.88. The first kappa shape index (κ1) is 17.6. The second-order valence-corrected chi connectivity index (χ2v) is 9.06. The van der Waals surface area contributed by atoms with Crippen LogP contribution >= 0.6 is 11.3 Å². The number of nitrogens with zero attached hydrogens (tertiary/aromatic N) is 1. The van der Waals surface area contributed by atoms with E-state index in [1.165, 1.54) is 4.88 Å². The Hall–Kier alpha value is -1.21. The molecule has 6 heteroatoms. The molecule has 1 aliphatic heterocycles. The second kappa shape index (κ2) is 8.25. The Morgan fingerprint density at radius 1 is 1.08 bits per heavy atom. The largest absolute Gasteiger partial charge is 0.302 e. The first-order valence-electron chi connectivity index (χ1n) is 8.39. The highest BCUT2D eigenvalue weighted by atomic mass is 32.2. The molecule has 4 nitrogen and oxygen atoms in total. The standard InChI is InChI=1S/C18H24N2O2S2/c21-24(22,15-16-5-2-1-3-6-16)19-10-13-20-11-8-17(9-12-20)18-7-4-14-23-18/h1-7,14,17,19H,8-13,15H2. The summed E-state index contributed by atoms with van der Waals surface area (Å²) in [6.07, 6.45) is 2.33. The van der Waals surface area contributed by atoms with Gasteiger partial charge in [0.2, 0.25) is 10.0 Å². The molecule has 0 aliphatic carbocycles. The fraction of sp³-hybridized carbons (Fsp3) is 0.444. The summed E-state index contributed by atoms with van der Waals surface area (Å²) in [7, 11) is -3.26. The average molecular weight is 365 g/mol. The van der Waals surface area contributed by atoms with Gasteiger partial charge in [0.05, 0.1) is 5.75 Å². The molecule has 3 rings (SSSR count). The molecule has 0 radical (unpaired) electrons. The summed E-state index contributed by atoms with van der Waals surface area (Å²) in [6, 6.07) is 13.6. The Balaban J connectivity index is 1.39. The lowest BCUT2D eigenvalue weighted by molar-refractivity contribution is 0.217. The molecule has 2 heterocycles. The molecule has 0 bridgehead atoms. The Morgan fingerprint density at radius 2 is 1.83 bits per heavy atom. The number of nitrogens with one attached hydrogen (secondary N) is 1. The fourth-order valence-electron chi connectivity index (χ4n) is 3.17. The van der Waals surface area contributed by atoms with Gasteiger partial charge in [-0.2, -0.15) is 0 Å². The first-order valence-corrected chi connectivity index (χ1v) is 10.9. The second-order valence-electron chi connectivity index (χ2n) is 6.27. The molecule has 1 aromatic heterocycles. The zero-order chi connectivity index (χ0) is 16.8. The molecule has 1 N–H and O–H groups in total. The molecule has 1 aliphatic rings. The van der Waals surface area contributed by atoms with Crippen molar-refractivity contribution in [1.29, 1.82) is 0 Å². The molecular weight excluding hydrogens is 340 g/mol. The maximum atomic E-state index is 12.1. The Morgan fingerprint density at radius 3 is 2.50 bits per heavy atom. The molecule has 1 saturated heterocycles. The van der Waals surface area contributed by atoms with Crippen LogP contribution in [0, 0.1) is 0 Å². The van der Waals surface area contributed by atoms with Crippen molar-refractivity contribution in [3.63, 3.8) is 0 Å². The third kappa shape index (κ3) is 5.14. The summed E-state index contributed by atoms with van der Waals surface area (Å²) in [5.41, 5.74) is 0.821. The van der Waals surface area contributed by atoms with Crippen LogP contribution in [0.1, 0.15) is 29.2 Å². The number of benzene rings is 1. The van der Waals surface area contributed by atoms with Gasteiger partial charge < -0.3 is 4.90 Å². The van der Waals surface area contributed by atoms with E-state index in [4.69, 9.17) is 0 Å². The van der Waals surface area contributed by atoms with E-state index in [9.17, 15) is 8.42 Å². The van der Waals surface area contributed by atoms with Crippen LogP contribution in [0.2, 0.25) is 0 Å². The van der Waals surface area contributed by atoms with Crippen molar-refractivity contribution in [2.75, 3.05) is 26.2 Å². The van der Waals surface area contributed by atoms with Crippen molar-refractivity contribution in [2.45, 2.75) is 24.5 Å². The zero-order valence-electron chi connectivity index (χ0n) is 13.7. The van der Waals surface area contributed by atoms with Crippen LogP contribution in [0.25, 0.3) is 0 Å². The molecular formula is C18H24N2O2S2. The summed E-state index contributed by atoms with van der Waals surface area (Å²) in [6.45, 7) is 3.36. The monoisotopic (exact) mass is 364 g/mol. The van der Waals surface area contributed by atoms with Gasteiger partial charge in [0.15, 0.2) is 0 Å². The molecule has 2 aromatic rings. The van der Waals surface area contributed by atoms with Crippen molar-refractivity contribution < 1.29 is 8.42 Å². The SMILES string of the molecule is O=S(=O)(Cc1ccccc1)NCCN1CCC(c2cccs2)CC1. The Bertz CT molecular complexity index is 707. The van der Waals surface area contributed by atoms with Crippen LogP contribution < -0.4 is 4.72 Å². The molecule has 0 atom stereocenters. The highest BCUT2D eigenvalue weighted by Gasteiger charge is 2.21. The van der Waals surface area contributed by atoms with E-state index in [1.807, 2.05) is 41.7 Å². The van der Waals surface area contributed by atoms with Gasteiger partial charge in [0.1, 0.15) is 0 Å². The Kier molecular flexibility index (Phi) is 6.05. The van der Waals surface area contributed by atoms with Crippen LogP contribution in [-0.4, -0.2) is 39.5 Å². The van der Waals surface area contributed by atoms with Crippen LogP contribution in [0.3, 0.4) is 0 Å². The summed E-state index contributed by atoms with van der Waals surface area (Å²) in [4.78, 5) is 3.84. The van der Waals surface area contributed by atoms with Gasteiger partial charge in [0, 0.05) is 18.0 Å². The number of rotatable bonds is 7. The van der Waals surface area contributed by atoms with E-state index in [0.29, 0.717) is 12.5 Å². The fourth-order valence-corrected chi connectivity index (χ4v) is 5.20. The molecule has 24 heavy (non-hydrogen) atoms. The van der Waals surface area contributed by atoms with E-state index < -0.39 is 10.0 Å². The van der Waals surface area contributed by atoms with Gasteiger partial charge in [0.25, 0.3) is 0 Å². The third-order valence-electron chi connectivity index (χ3n) is 4.48. The third-order valence-corrected chi connectivity index (χ3v) is 6.87. The molecule has 130 valence electrons. The lowest BCUT2D eigenvalue weighted by Crippen LogP contribution is -2.39. The summed E-state index contributed by atoms with van der Waals surface area (Å²) in [5.74, 6) is 0.727. The number of thiophene rings is 1. The molecule has 0 spiro atoms. The lowest BCUT2D eigenvalue weighted by Gasteiger charge is -2.31. The zero-order valence-corrected chi connectivity index (χ0v) is 15.4. The van der Waals surface area contributed by atoms with Crippen molar-refractivity contribution in [3.8, 4) is 0 Å². The molecule has 0 unspecified atom stereocenters. The van der Waals surface area contributed by atoms with Crippen LogP contribution in [0.15, 0.2) is 47.8 Å². The van der Waals surface area contributed by atoms with Crippen LogP contribution in [-0.2, 0) is 15.8 Å². The number of likely N-dealkylation sites (tertiary alicyclic amines) is 1. The molecule has 1 aromatic carbocycles. The normalized spacial score (nSPS) is 17.2. The predicted molar refractivity (Wildman–Crippen MR) is 99.8 cm³/mol. The van der Waals surface area contributed by atoms with E-state index in [2.05, 4.69) is 27.1 Å². The number of hydrogen-bond acceptors (Lipinski definition) is 4. The van der Waals surface area contributed by atoms with Gasteiger partial charge in [-0.15, -0.1) is 11.3 Å². The number of sulfonamides is 1. The van der Waals surface area contributed by atoms with Gasteiger partial charge in [-0.1, -0.05) is 36.4 Å². The minimum atomic E-state index is -3.26. The summed E-state index contributed by atoms with van der Waals surface area (Å²) in [5, 5.41) is 2.14. The Labute approximate surface area is 148 Å². The van der Waals surface area contributed by atoms with Gasteiger partial charge >= 0.3 is 0 Å². The average Bonchev–Trinajstić information content (AvgIpc) is 3.10. The van der Waals surface area contributed by atoms with Crippen molar-refractivity contribution >= 4 is 21.4 Å². The summed E-state index contributed by atoms with van der Waals surface area (Å²) < 4.78 is 27.0. The maximum Gasteiger partial charge on any atom is 0.215 e. The lowest BCUT2D eigenvalue weighted by atomic mass is 9.95. The molecule has 0 amide bonds. The number of piperidine rings is 1. The minimum absolute atomic E-state index is 0.0499. The van der Waals surface area contributed by atoms with Crippen molar-refractivity contribution in [2.24, 2.45) is 0 Å². The minimum Gasteiger partial charge on any atom is -0.302 e. The van der Waals surface area contributed by atoms with E-state index in [-0.39, 0.29) is 5.75 Å². The summed E-state index contributed by atoms with van der Waals surface area (Å²) >= 11 is 1.84. The van der Waals surface area contributed by atoms with Gasteiger partial charge in [-0.25, -0.2) is 13.1 Å². The van der Waals surface area contributed by atoms with Crippen LogP contribution in [0.5, 0.6) is 0 Å². The van der Waals surface area contributed by atoms with E-state index in [0.717, 1.165) is 38.0 Å². The molecule has 0 saturated carbocycles. The molecule has 1 fully saturated rings. The topological polar surface area (TPSA) is 49.4 Å². The highest BCUT2D eigenvalue weighted by Crippen LogP contribution is 2.30. The van der Waals surface area contributed by atoms with E-state index in [1.54, 1.807) is 0 Å². The maximum absolute atomic E-state index is 12.1. The van der Waals surface area contributed by atoms with Gasteiger partial charge in [-0.05, 0) is 48.9 Å². The first-order chi connectivity index (χ1) is 11.6.